The van der Waals surface area contributed by atoms with Crippen molar-refractivity contribution in [3.8, 4) is 33.4 Å². The average Bonchev–Trinajstić information content (AvgIpc) is 3.81. The first-order valence-electron chi connectivity index (χ1n) is 25.3. The minimum absolute atomic E-state index is 0.177. The molecule has 12 aromatic carbocycles. The van der Waals surface area contributed by atoms with Gasteiger partial charge in [-0.25, -0.2) is 0 Å². The van der Waals surface area contributed by atoms with Gasteiger partial charge in [0.1, 0.15) is 0 Å². The second-order valence-corrected chi connectivity index (χ2v) is 20.9. The molecule has 0 unspecified atom stereocenters. The van der Waals surface area contributed by atoms with Crippen LogP contribution in [0.2, 0.25) is 0 Å². The summed E-state index contributed by atoms with van der Waals surface area (Å²) in [5.41, 5.74) is 19.7. The van der Waals surface area contributed by atoms with Gasteiger partial charge in [-0.2, -0.15) is 0 Å². The third-order valence-corrected chi connectivity index (χ3v) is 16.2. The highest BCUT2D eigenvalue weighted by atomic mass is 15.1. The lowest BCUT2D eigenvalue weighted by molar-refractivity contribution is 0.666. The smallest absolute Gasteiger partial charge is 0.0540 e. The van der Waals surface area contributed by atoms with Crippen LogP contribution in [0.1, 0.15) is 49.9 Å². The monoisotopic (exact) mass is 920 g/mol. The number of hydrogen-bond acceptors (Lipinski definition) is 2. The first-order chi connectivity index (χ1) is 35.2. The summed E-state index contributed by atoms with van der Waals surface area (Å²) in [7, 11) is 0. The van der Waals surface area contributed by atoms with Crippen LogP contribution < -0.4 is 9.80 Å². The fourth-order valence-electron chi connectivity index (χ4n) is 12.7. The molecule has 2 aliphatic carbocycles. The van der Waals surface area contributed by atoms with Gasteiger partial charge in [0.05, 0.1) is 11.4 Å². The van der Waals surface area contributed by atoms with Gasteiger partial charge in [0.2, 0.25) is 0 Å². The second kappa shape index (κ2) is 15.9. The number of nitrogens with zero attached hydrogens (tertiary/aromatic N) is 2. The Morgan fingerprint density at radius 3 is 0.986 bits per heavy atom. The Kier molecular flexibility index (Phi) is 9.32. The van der Waals surface area contributed by atoms with Gasteiger partial charge in [-0.15, -0.1) is 0 Å². The fourth-order valence-corrected chi connectivity index (χ4v) is 12.7. The Labute approximate surface area is 421 Å². The molecule has 0 aliphatic heterocycles. The van der Waals surface area contributed by atoms with Crippen molar-refractivity contribution in [3.05, 3.63) is 265 Å². The first kappa shape index (κ1) is 42.2. The third kappa shape index (κ3) is 6.35. The zero-order valence-electron chi connectivity index (χ0n) is 41.0. The highest BCUT2D eigenvalue weighted by molar-refractivity contribution is 6.03. The van der Waals surface area contributed by atoms with Crippen LogP contribution in [0.15, 0.2) is 243 Å². The Bertz CT molecular complexity index is 3880. The van der Waals surface area contributed by atoms with E-state index in [0.29, 0.717) is 0 Å². The van der Waals surface area contributed by atoms with Gasteiger partial charge < -0.3 is 9.80 Å². The van der Waals surface area contributed by atoms with Gasteiger partial charge in [0.15, 0.2) is 0 Å². The minimum atomic E-state index is -0.177. The molecule has 0 N–H and O–H groups in total. The molecule has 0 atom stereocenters. The number of hydrogen-bond donors (Lipinski definition) is 0. The summed E-state index contributed by atoms with van der Waals surface area (Å²) in [6.45, 7) is 9.57. The van der Waals surface area contributed by atoms with Gasteiger partial charge in [0, 0.05) is 44.4 Å². The van der Waals surface area contributed by atoms with Crippen LogP contribution >= 0.6 is 0 Å². The molecule has 0 spiro atoms. The standard InChI is InChI=1S/C70H52N2/c1-69(2)63-43-53(37-41-59(63)61-39-31-49-17-7-11-23-57(49)67(61)69)71(65-25-13-19-47-15-5-9-21-55(47)65)51-33-27-45(28-34-51)46-29-35-52(36-30-46)72(66-26-14-20-48-16-6-10-22-56(48)66)54-38-42-60-62-40-32-50-18-8-12-24-58(50)68(62)70(3,4)64(60)44-54/h5-44H,1-4H3. The lowest BCUT2D eigenvalue weighted by atomic mass is 9.80. The minimum Gasteiger partial charge on any atom is -0.310 e. The molecule has 72 heavy (non-hydrogen) atoms. The highest BCUT2D eigenvalue weighted by Crippen LogP contribution is 2.55. The molecular weight excluding hydrogens is 869 g/mol. The number of anilines is 6. The maximum absolute atomic E-state index is 2.45. The lowest BCUT2D eigenvalue weighted by Gasteiger charge is -2.29. The average molecular weight is 921 g/mol. The van der Waals surface area contributed by atoms with Crippen molar-refractivity contribution < 1.29 is 0 Å². The zero-order chi connectivity index (χ0) is 48.3. The maximum Gasteiger partial charge on any atom is 0.0540 e. The summed E-state index contributed by atoms with van der Waals surface area (Å²) in [6, 6.07) is 90.2. The van der Waals surface area contributed by atoms with E-state index in [2.05, 4.69) is 280 Å². The van der Waals surface area contributed by atoms with Gasteiger partial charge in [-0.1, -0.05) is 210 Å². The van der Waals surface area contributed by atoms with Crippen molar-refractivity contribution in [2.24, 2.45) is 0 Å². The molecule has 2 aliphatic rings. The van der Waals surface area contributed by atoms with Crippen LogP contribution in [0.3, 0.4) is 0 Å². The van der Waals surface area contributed by atoms with Crippen molar-refractivity contribution in [2.45, 2.75) is 38.5 Å². The molecule has 0 saturated carbocycles. The number of rotatable bonds is 7. The van der Waals surface area contributed by atoms with Crippen LogP contribution in [-0.4, -0.2) is 0 Å². The van der Waals surface area contributed by atoms with Crippen LogP contribution in [0.4, 0.5) is 34.1 Å². The lowest BCUT2D eigenvalue weighted by Crippen LogP contribution is -2.17. The Morgan fingerprint density at radius 2 is 0.583 bits per heavy atom. The van der Waals surface area contributed by atoms with E-state index in [4.69, 9.17) is 0 Å². The van der Waals surface area contributed by atoms with Crippen LogP contribution in [0.25, 0.3) is 76.5 Å². The molecule has 2 nitrogen and oxygen atoms in total. The maximum atomic E-state index is 2.45. The van der Waals surface area contributed by atoms with Crippen LogP contribution in [0.5, 0.6) is 0 Å². The molecule has 0 saturated heterocycles. The predicted molar refractivity (Wildman–Crippen MR) is 306 cm³/mol. The molecular formula is C70H52N2. The van der Waals surface area contributed by atoms with E-state index in [1.807, 2.05) is 0 Å². The summed E-state index contributed by atoms with van der Waals surface area (Å²) < 4.78 is 0. The normalized spacial score (nSPS) is 13.8. The molecule has 0 aromatic heterocycles. The summed E-state index contributed by atoms with van der Waals surface area (Å²) in [5, 5.41) is 10.1. The van der Waals surface area contributed by atoms with E-state index in [-0.39, 0.29) is 10.8 Å². The van der Waals surface area contributed by atoms with E-state index in [0.717, 1.165) is 34.1 Å². The Morgan fingerprint density at radius 1 is 0.264 bits per heavy atom. The molecule has 12 aromatic rings. The second-order valence-electron chi connectivity index (χ2n) is 20.9. The molecule has 0 radical (unpaired) electrons. The summed E-state index contributed by atoms with van der Waals surface area (Å²) in [4.78, 5) is 4.90. The summed E-state index contributed by atoms with van der Waals surface area (Å²) >= 11 is 0. The summed E-state index contributed by atoms with van der Waals surface area (Å²) in [5.74, 6) is 0. The van der Waals surface area contributed by atoms with Gasteiger partial charge in [-0.3, -0.25) is 0 Å². The first-order valence-corrected chi connectivity index (χ1v) is 25.3. The highest BCUT2D eigenvalue weighted by Gasteiger charge is 2.39. The van der Waals surface area contributed by atoms with E-state index >= 15 is 0 Å². The molecule has 14 rings (SSSR count). The zero-order valence-corrected chi connectivity index (χ0v) is 41.0. The van der Waals surface area contributed by atoms with Crippen molar-refractivity contribution in [2.75, 3.05) is 9.80 Å². The Balaban J connectivity index is 0.849. The quantitative estimate of drug-likeness (QED) is 0.157. The Hall–Kier alpha value is -8.72. The number of fused-ring (bicyclic) bond motifs is 12. The topological polar surface area (TPSA) is 6.48 Å². The van der Waals surface area contributed by atoms with Crippen molar-refractivity contribution in [3.63, 3.8) is 0 Å². The molecule has 0 bridgehead atoms. The van der Waals surface area contributed by atoms with E-state index in [1.165, 1.54) is 98.7 Å². The SMILES string of the molecule is CC1(C)c2cc(N(c3ccc(-c4ccc(N(c5ccc6c(c5)C(C)(C)c5c-6ccc6ccccc56)c5cccc6ccccc56)cc4)cc3)c3cccc4ccccc34)ccc2-c2ccc3ccccc3c21. The molecule has 0 fully saturated rings. The molecule has 0 amide bonds. The van der Waals surface area contributed by atoms with Crippen LogP contribution in [-0.2, 0) is 10.8 Å². The molecule has 2 heteroatoms. The van der Waals surface area contributed by atoms with E-state index in [1.54, 1.807) is 0 Å². The molecule has 0 heterocycles. The predicted octanol–water partition coefficient (Wildman–Crippen LogP) is 19.5. The fraction of sp³-hybridized carbons (Fsp3) is 0.0857. The van der Waals surface area contributed by atoms with Crippen molar-refractivity contribution >= 4 is 77.2 Å². The van der Waals surface area contributed by atoms with Gasteiger partial charge in [-0.05, 0) is 149 Å². The van der Waals surface area contributed by atoms with Crippen molar-refractivity contribution in [1.29, 1.82) is 0 Å². The molecule has 342 valence electrons. The van der Waals surface area contributed by atoms with Crippen molar-refractivity contribution in [1.82, 2.24) is 0 Å². The van der Waals surface area contributed by atoms with Crippen LogP contribution in [0, 0.1) is 0 Å². The van der Waals surface area contributed by atoms with E-state index in [9.17, 15) is 0 Å². The van der Waals surface area contributed by atoms with Gasteiger partial charge >= 0.3 is 0 Å². The van der Waals surface area contributed by atoms with E-state index < -0.39 is 0 Å². The third-order valence-electron chi connectivity index (χ3n) is 16.2. The largest absolute Gasteiger partial charge is 0.310 e. The number of benzene rings is 12. The summed E-state index contributed by atoms with van der Waals surface area (Å²) in [6.07, 6.45) is 0. The van der Waals surface area contributed by atoms with Gasteiger partial charge in [0.25, 0.3) is 0 Å².